The number of fused-ring (bicyclic) bond motifs is 1. The van der Waals surface area contributed by atoms with Gasteiger partial charge in [0.2, 0.25) is 0 Å². The lowest BCUT2D eigenvalue weighted by atomic mass is 9.99. The van der Waals surface area contributed by atoms with Crippen molar-refractivity contribution in [2.45, 2.75) is 24.8 Å². The normalized spacial score (nSPS) is 15.5. The van der Waals surface area contributed by atoms with Gasteiger partial charge >= 0.3 is 5.97 Å². The molecule has 3 aromatic carbocycles. The molecule has 0 unspecified atom stereocenters. The highest BCUT2D eigenvalue weighted by Crippen LogP contribution is 2.40. The number of thioether (sulfide) groups is 1. The largest absolute Gasteiger partial charge is 0.465 e. The number of carbonyl (C=O) groups is 3. The SMILES string of the molecule is COC(=O)c1ccc(N2C(=O)C(Sc3ccc(C)cc3)=C(N3CCc4ccccc4C3)C2=O)cc1. The number of aryl methyl sites for hydroxylation is 1. The second-order valence-corrected chi connectivity index (χ2v) is 9.60. The third-order valence-electron chi connectivity index (χ3n) is 6.25. The Hall–Kier alpha value is -3.84. The van der Waals surface area contributed by atoms with Crippen LogP contribution in [0.25, 0.3) is 0 Å². The topological polar surface area (TPSA) is 66.9 Å². The van der Waals surface area contributed by atoms with Crippen molar-refractivity contribution >= 4 is 35.2 Å². The van der Waals surface area contributed by atoms with Crippen molar-refractivity contribution in [2.24, 2.45) is 0 Å². The summed E-state index contributed by atoms with van der Waals surface area (Å²) >= 11 is 1.32. The molecule has 7 heteroatoms. The minimum Gasteiger partial charge on any atom is -0.465 e. The number of hydrogen-bond acceptors (Lipinski definition) is 6. The Morgan fingerprint density at radius 3 is 2.26 bits per heavy atom. The van der Waals surface area contributed by atoms with E-state index in [4.69, 9.17) is 4.74 Å². The predicted molar refractivity (Wildman–Crippen MR) is 135 cm³/mol. The molecule has 3 aromatic rings. The Morgan fingerprint density at radius 2 is 1.57 bits per heavy atom. The molecule has 0 N–H and O–H groups in total. The van der Waals surface area contributed by atoms with Gasteiger partial charge in [0, 0.05) is 18.0 Å². The second-order valence-electron chi connectivity index (χ2n) is 8.52. The molecule has 2 heterocycles. The first-order chi connectivity index (χ1) is 17.0. The van der Waals surface area contributed by atoms with Crippen LogP contribution in [0.4, 0.5) is 5.69 Å². The van der Waals surface area contributed by atoms with E-state index in [9.17, 15) is 14.4 Å². The Kier molecular flexibility index (Phi) is 6.17. The van der Waals surface area contributed by atoms with E-state index in [1.165, 1.54) is 29.3 Å². The maximum Gasteiger partial charge on any atom is 0.337 e. The van der Waals surface area contributed by atoms with Crippen LogP contribution in [0, 0.1) is 6.92 Å². The summed E-state index contributed by atoms with van der Waals surface area (Å²) in [6.07, 6.45) is 0.803. The Balaban J connectivity index is 1.52. The lowest BCUT2D eigenvalue weighted by Gasteiger charge is -2.31. The van der Waals surface area contributed by atoms with E-state index in [0.29, 0.717) is 34.9 Å². The minimum atomic E-state index is -0.475. The summed E-state index contributed by atoms with van der Waals surface area (Å²) in [5, 5.41) is 0. The summed E-state index contributed by atoms with van der Waals surface area (Å²) < 4.78 is 4.76. The van der Waals surface area contributed by atoms with E-state index in [0.717, 1.165) is 22.4 Å². The molecular formula is C28H24N2O4S. The van der Waals surface area contributed by atoms with Crippen molar-refractivity contribution in [1.82, 2.24) is 4.90 Å². The van der Waals surface area contributed by atoms with Crippen molar-refractivity contribution in [3.63, 3.8) is 0 Å². The zero-order valence-corrected chi connectivity index (χ0v) is 20.3. The van der Waals surface area contributed by atoms with E-state index < -0.39 is 5.97 Å². The fourth-order valence-corrected chi connectivity index (χ4v) is 5.38. The third-order valence-corrected chi connectivity index (χ3v) is 7.33. The maximum absolute atomic E-state index is 13.8. The zero-order chi connectivity index (χ0) is 24.5. The number of ether oxygens (including phenoxy) is 1. The number of nitrogens with zero attached hydrogens (tertiary/aromatic N) is 2. The van der Waals surface area contributed by atoms with Gasteiger partial charge in [0.15, 0.2) is 0 Å². The van der Waals surface area contributed by atoms with Crippen LogP contribution < -0.4 is 4.90 Å². The lowest BCUT2D eigenvalue weighted by molar-refractivity contribution is -0.121. The van der Waals surface area contributed by atoms with Crippen molar-refractivity contribution in [3.8, 4) is 0 Å². The van der Waals surface area contributed by atoms with Crippen molar-refractivity contribution < 1.29 is 19.1 Å². The molecule has 2 aliphatic heterocycles. The van der Waals surface area contributed by atoms with Gasteiger partial charge in [-0.05, 0) is 60.9 Å². The smallest absolute Gasteiger partial charge is 0.337 e. The first-order valence-electron chi connectivity index (χ1n) is 11.3. The van der Waals surface area contributed by atoms with E-state index in [1.54, 1.807) is 24.3 Å². The van der Waals surface area contributed by atoms with Gasteiger partial charge in [0.05, 0.1) is 18.4 Å². The molecule has 0 radical (unpaired) electrons. The molecule has 0 fully saturated rings. The van der Waals surface area contributed by atoms with E-state index in [2.05, 4.69) is 12.1 Å². The van der Waals surface area contributed by atoms with Gasteiger partial charge in [0.25, 0.3) is 11.8 Å². The van der Waals surface area contributed by atoms with Gasteiger partial charge < -0.3 is 9.64 Å². The maximum atomic E-state index is 13.8. The molecule has 0 saturated heterocycles. The molecule has 0 bridgehead atoms. The van der Waals surface area contributed by atoms with Crippen LogP contribution in [0.5, 0.6) is 0 Å². The van der Waals surface area contributed by atoms with Gasteiger partial charge in [-0.25, -0.2) is 9.69 Å². The van der Waals surface area contributed by atoms with E-state index >= 15 is 0 Å². The summed E-state index contributed by atoms with van der Waals surface area (Å²) in [5.74, 6) is -1.19. The molecular weight excluding hydrogens is 460 g/mol. The van der Waals surface area contributed by atoms with E-state index in [1.807, 2.05) is 48.2 Å². The summed E-state index contributed by atoms with van der Waals surface area (Å²) in [6, 6.07) is 22.4. The molecule has 0 aromatic heterocycles. The molecule has 0 saturated carbocycles. The zero-order valence-electron chi connectivity index (χ0n) is 19.5. The Labute approximate surface area is 208 Å². The molecule has 2 aliphatic rings. The molecule has 5 rings (SSSR count). The van der Waals surface area contributed by atoms with Gasteiger partial charge in [-0.2, -0.15) is 0 Å². The molecule has 35 heavy (non-hydrogen) atoms. The third kappa shape index (κ3) is 4.35. The number of anilines is 1. The summed E-state index contributed by atoms with van der Waals surface area (Å²) in [7, 11) is 1.31. The monoisotopic (exact) mass is 484 g/mol. The van der Waals surface area contributed by atoms with Crippen LogP contribution in [-0.2, 0) is 27.3 Å². The first kappa shape index (κ1) is 22.9. The molecule has 0 aliphatic carbocycles. The van der Waals surface area contributed by atoms with Crippen LogP contribution in [0.1, 0.15) is 27.0 Å². The lowest BCUT2D eigenvalue weighted by Crippen LogP contribution is -2.37. The highest BCUT2D eigenvalue weighted by molar-refractivity contribution is 8.04. The van der Waals surface area contributed by atoms with Gasteiger partial charge in [0.1, 0.15) is 10.6 Å². The molecule has 2 amide bonds. The van der Waals surface area contributed by atoms with Crippen LogP contribution >= 0.6 is 11.8 Å². The van der Waals surface area contributed by atoms with Crippen LogP contribution in [0.2, 0.25) is 0 Å². The van der Waals surface area contributed by atoms with E-state index in [-0.39, 0.29) is 11.8 Å². The number of benzene rings is 3. The minimum absolute atomic E-state index is 0.352. The highest BCUT2D eigenvalue weighted by atomic mass is 32.2. The predicted octanol–water partition coefficient (Wildman–Crippen LogP) is 4.72. The van der Waals surface area contributed by atoms with Gasteiger partial charge in [-0.3, -0.25) is 9.59 Å². The fourth-order valence-electron chi connectivity index (χ4n) is 4.38. The summed E-state index contributed by atoms with van der Waals surface area (Å²) in [6.45, 7) is 3.23. The molecule has 0 spiro atoms. The van der Waals surface area contributed by atoms with Crippen LogP contribution in [0.15, 0.2) is 88.3 Å². The second kappa shape index (κ2) is 9.43. The number of methoxy groups -OCH3 is 1. The number of amides is 2. The number of esters is 1. The molecule has 6 nitrogen and oxygen atoms in total. The van der Waals surface area contributed by atoms with Crippen molar-refractivity contribution in [3.05, 3.63) is 106 Å². The first-order valence-corrected chi connectivity index (χ1v) is 12.2. The Bertz CT molecular complexity index is 1350. The number of imide groups is 1. The van der Waals surface area contributed by atoms with Crippen molar-refractivity contribution in [2.75, 3.05) is 18.6 Å². The quantitative estimate of drug-likeness (QED) is 0.386. The van der Waals surface area contributed by atoms with Gasteiger partial charge in [-0.15, -0.1) is 0 Å². The highest BCUT2D eigenvalue weighted by Gasteiger charge is 2.43. The van der Waals surface area contributed by atoms with Crippen molar-refractivity contribution in [1.29, 1.82) is 0 Å². The number of carbonyl (C=O) groups excluding carboxylic acids is 3. The summed E-state index contributed by atoms with van der Waals surface area (Å²) in [4.78, 5) is 43.8. The average molecular weight is 485 g/mol. The van der Waals surface area contributed by atoms with Crippen LogP contribution in [-0.4, -0.2) is 36.3 Å². The fraction of sp³-hybridized carbons (Fsp3) is 0.179. The Morgan fingerprint density at radius 1 is 0.886 bits per heavy atom. The van der Waals surface area contributed by atoms with Gasteiger partial charge in [-0.1, -0.05) is 53.7 Å². The summed E-state index contributed by atoms with van der Waals surface area (Å²) in [5.41, 5.74) is 4.74. The standard InChI is InChI=1S/C28H24N2O4S/c1-18-7-13-23(14-8-18)35-25-24(29-16-15-19-5-3-4-6-21(19)17-29)26(31)30(27(25)32)22-11-9-20(10-12-22)28(33)34-2/h3-14H,15-17H2,1-2H3. The number of hydrogen-bond donors (Lipinski definition) is 0. The average Bonchev–Trinajstić information content (AvgIpc) is 3.13. The van der Waals surface area contributed by atoms with Crippen LogP contribution in [0.3, 0.4) is 0 Å². The molecule has 0 atom stereocenters. The number of rotatable bonds is 5. The molecule has 176 valence electrons.